The van der Waals surface area contributed by atoms with Crippen LogP contribution in [0, 0.1) is 0 Å². The number of aryl methyl sites for hydroxylation is 1. The third-order valence-corrected chi connectivity index (χ3v) is 3.60. The zero-order valence-electron chi connectivity index (χ0n) is 12.7. The second kappa shape index (κ2) is 5.94. The Morgan fingerprint density at radius 3 is 2.67 bits per heavy atom. The number of nitrogens with zero attached hydrogens (tertiary/aromatic N) is 5. The molecule has 3 heterocycles. The second-order valence-corrected chi connectivity index (χ2v) is 5.33. The van der Waals surface area contributed by atoms with Crippen LogP contribution >= 0.6 is 0 Å². The maximum atomic E-state index is 12.1. The molecule has 0 bridgehead atoms. The molecule has 0 aromatic carbocycles. The Balaban J connectivity index is 1.98. The van der Waals surface area contributed by atoms with Crippen molar-refractivity contribution in [3.05, 3.63) is 45.7 Å². The summed E-state index contributed by atoms with van der Waals surface area (Å²) in [6.45, 7) is -0.546. The van der Waals surface area contributed by atoms with Gasteiger partial charge in [-0.2, -0.15) is 4.98 Å². The van der Waals surface area contributed by atoms with Crippen LogP contribution in [0.25, 0.3) is 0 Å². The minimum Gasteiger partial charge on any atom is -0.506 e. The van der Waals surface area contributed by atoms with Gasteiger partial charge < -0.3 is 25.8 Å². The fraction of sp³-hybridized carbons (Fsp3) is 0.385. The standard InChI is InChI=1S/C13H16N6O5/c1-18-4-7(16-17-18)2-6-3-19(13(23)15-11(6)14)12-10(22)9(21)8(5-20)24-12/h3-4,8,12,20-22H,2,5H2,1H3,(H2,14,15,23)/t8-,12-/m1/s1. The van der Waals surface area contributed by atoms with E-state index in [0.29, 0.717) is 11.3 Å². The summed E-state index contributed by atoms with van der Waals surface area (Å²) in [6.07, 6.45) is 0.921. The number of aliphatic hydroxyl groups excluding tert-OH is 3. The van der Waals surface area contributed by atoms with Crippen molar-refractivity contribution in [1.82, 2.24) is 24.5 Å². The van der Waals surface area contributed by atoms with E-state index in [9.17, 15) is 15.0 Å². The van der Waals surface area contributed by atoms with Gasteiger partial charge in [0.15, 0.2) is 17.7 Å². The van der Waals surface area contributed by atoms with Gasteiger partial charge in [0, 0.05) is 31.4 Å². The first-order chi connectivity index (χ1) is 11.4. The molecular weight excluding hydrogens is 320 g/mol. The summed E-state index contributed by atoms with van der Waals surface area (Å²) in [5, 5.41) is 36.5. The van der Waals surface area contributed by atoms with Gasteiger partial charge in [-0.3, -0.25) is 9.25 Å². The highest BCUT2D eigenvalue weighted by molar-refractivity contribution is 5.39. The SMILES string of the molecule is Cn1cc(Cc2cn([C@@H]3O[C@H](CO)C(O)=C3O)c(=O)nc2N)nn1. The van der Waals surface area contributed by atoms with Crippen molar-refractivity contribution in [1.29, 1.82) is 0 Å². The van der Waals surface area contributed by atoms with Crippen LogP contribution in [0.1, 0.15) is 17.5 Å². The zero-order chi connectivity index (χ0) is 17.4. The number of nitrogens with two attached hydrogens (primary N) is 1. The van der Waals surface area contributed by atoms with E-state index in [0.717, 1.165) is 4.57 Å². The van der Waals surface area contributed by atoms with Crippen LogP contribution in [-0.2, 0) is 18.2 Å². The average Bonchev–Trinajstić information content (AvgIpc) is 3.07. The Morgan fingerprint density at radius 2 is 2.08 bits per heavy atom. The van der Waals surface area contributed by atoms with Gasteiger partial charge in [-0.05, 0) is 0 Å². The van der Waals surface area contributed by atoms with Gasteiger partial charge in [-0.1, -0.05) is 5.21 Å². The number of aromatic nitrogens is 5. The van der Waals surface area contributed by atoms with Crippen LogP contribution in [0.5, 0.6) is 0 Å². The van der Waals surface area contributed by atoms with Crippen LogP contribution in [0.15, 0.2) is 28.7 Å². The summed E-state index contributed by atoms with van der Waals surface area (Å²) < 4.78 is 7.79. The molecule has 1 aliphatic rings. The highest BCUT2D eigenvalue weighted by atomic mass is 16.6. The molecule has 1 aliphatic heterocycles. The second-order valence-electron chi connectivity index (χ2n) is 5.33. The van der Waals surface area contributed by atoms with Crippen molar-refractivity contribution in [2.24, 2.45) is 7.05 Å². The Labute approximate surface area is 135 Å². The first kappa shape index (κ1) is 16.0. The molecule has 0 fully saturated rings. The molecule has 0 radical (unpaired) electrons. The predicted octanol–water partition coefficient (Wildman–Crippen LogP) is -1.24. The maximum Gasteiger partial charge on any atom is 0.352 e. The molecule has 5 N–H and O–H groups in total. The van der Waals surface area contributed by atoms with Gasteiger partial charge in [0.2, 0.25) is 0 Å². The molecule has 3 rings (SSSR count). The molecule has 0 spiro atoms. The Bertz CT molecular complexity index is 857. The summed E-state index contributed by atoms with van der Waals surface area (Å²) in [4.78, 5) is 15.8. The molecule has 24 heavy (non-hydrogen) atoms. The third-order valence-electron chi connectivity index (χ3n) is 3.60. The van der Waals surface area contributed by atoms with Crippen LogP contribution in [0.2, 0.25) is 0 Å². The van der Waals surface area contributed by atoms with E-state index in [1.807, 2.05) is 0 Å². The predicted molar refractivity (Wildman–Crippen MR) is 80.0 cm³/mol. The van der Waals surface area contributed by atoms with Crippen LogP contribution in [-0.4, -0.2) is 52.6 Å². The number of anilines is 1. The smallest absolute Gasteiger partial charge is 0.352 e. The molecule has 128 valence electrons. The average molecular weight is 336 g/mol. The normalized spacial score (nSPS) is 20.8. The van der Waals surface area contributed by atoms with E-state index in [1.54, 1.807) is 13.2 Å². The quantitative estimate of drug-likeness (QED) is 0.535. The lowest BCUT2D eigenvalue weighted by Gasteiger charge is -2.16. The van der Waals surface area contributed by atoms with Crippen LogP contribution in [0.4, 0.5) is 5.82 Å². The number of aliphatic hydroxyl groups is 3. The monoisotopic (exact) mass is 336 g/mol. The fourth-order valence-electron chi connectivity index (χ4n) is 2.40. The number of hydrogen-bond acceptors (Lipinski definition) is 9. The van der Waals surface area contributed by atoms with Gasteiger partial charge in [-0.15, -0.1) is 5.10 Å². The maximum absolute atomic E-state index is 12.1. The third kappa shape index (κ3) is 2.70. The fourth-order valence-corrected chi connectivity index (χ4v) is 2.40. The van der Waals surface area contributed by atoms with Gasteiger partial charge in [0.05, 0.1) is 12.3 Å². The van der Waals surface area contributed by atoms with E-state index >= 15 is 0 Å². The molecule has 0 unspecified atom stereocenters. The van der Waals surface area contributed by atoms with Gasteiger partial charge in [-0.25, -0.2) is 4.79 Å². The van der Waals surface area contributed by atoms with Gasteiger partial charge in [0.25, 0.3) is 0 Å². The number of hydrogen-bond donors (Lipinski definition) is 4. The molecule has 2 atom stereocenters. The number of nitrogen functional groups attached to an aromatic ring is 1. The van der Waals surface area contributed by atoms with Crippen molar-refractivity contribution in [3.8, 4) is 0 Å². The summed E-state index contributed by atoms with van der Waals surface area (Å²) in [5.41, 5.74) is 6.09. The molecule has 11 heteroatoms. The lowest BCUT2D eigenvalue weighted by atomic mass is 10.2. The van der Waals surface area contributed by atoms with Crippen molar-refractivity contribution >= 4 is 5.82 Å². The molecular formula is C13H16N6O5. The van der Waals surface area contributed by atoms with Crippen molar-refractivity contribution in [2.75, 3.05) is 12.3 Å². The summed E-state index contributed by atoms with van der Waals surface area (Å²) in [5.74, 6) is -1.07. The summed E-state index contributed by atoms with van der Waals surface area (Å²) >= 11 is 0. The van der Waals surface area contributed by atoms with Crippen LogP contribution in [0.3, 0.4) is 0 Å². The number of rotatable bonds is 4. The molecule has 2 aromatic rings. The van der Waals surface area contributed by atoms with Gasteiger partial charge >= 0.3 is 5.69 Å². The molecule has 11 nitrogen and oxygen atoms in total. The van der Waals surface area contributed by atoms with Gasteiger partial charge in [0.1, 0.15) is 11.9 Å². The lowest BCUT2D eigenvalue weighted by Crippen LogP contribution is -2.30. The van der Waals surface area contributed by atoms with Crippen molar-refractivity contribution < 1.29 is 20.1 Å². The zero-order valence-corrected chi connectivity index (χ0v) is 12.7. The topological polar surface area (TPSA) is 162 Å². The minimum atomic E-state index is -1.29. The molecule has 0 saturated carbocycles. The highest BCUT2D eigenvalue weighted by Gasteiger charge is 2.36. The lowest BCUT2D eigenvalue weighted by molar-refractivity contribution is -0.0368. The van der Waals surface area contributed by atoms with Crippen molar-refractivity contribution in [3.63, 3.8) is 0 Å². The first-order valence-electron chi connectivity index (χ1n) is 7.01. The molecule has 0 saturated heterocycles. The minimum absolute atomic E-state index is 0.0197. The summed E-state index contributed by atoms with van der Waals surface area (Å²) in [7, 11) is 1.71. The van der Waals surface area contributed by atoms with E-state index in [1.165, 1.54) is 10.9 Å². The van der Waals surface area contributed by atoms with E-state index in [4.69, 9.17) is 15.6 Å². The molecule has 2 aromatic heterocycles. The Morgan fingerprint density at radius 1 is 1.33 bits per heavy atom. The molecule has 0 amide bonds. The van der Waals surface area contributed by atoms with E-state index in [-0.39, 0.29) is 12.2 Å². The highest BCUT2D eigenvalue weighted by Crippen LogP contribution is 2.30. The first-order valence-corrected chi connectivity index (χ1v) is 7.01. The summed E-state index contributed by atoms with van der Waals surface area (Å²) in [6, 6.07) is 0. The van der Waals surface area contributed by atoms with Crippen molar-refractivity contribution in [2.45, 2.75) is 18.8 Å². The van der Waals surface area contributed by atoms with E-state index in [2.05, 4.69) is 15.3 Å². The largest absolute Gasteiger partial charge is 0.506 e. The Hall–Kier alpha value is -2.92. The van der Waals surface area contributed by atoms with Crippen LogP contribution < -0.4 is 11.4 Å². The number of ether oxygens (including phenoxy) is 1. The molecule has 0 aliphatic carbocycles. The van der Waals surface area contributed by atoms with E-state index < -0.39 is 36.1 Å². The Kier molecular flexibility index (Phi) is 3.95.